The minimum Gasteiger partial charge on any atom is -0.447 e. The Kier molecular flexibility index (Phi) is 6.50. The van der Waals surface area contributed by atoms with Gasteiger partial charge in [-0.15, -0.1) is 0 Å². The molecule has 170 valence electrons. The lowest BCUT2D eigenvalue weighted by molar-refractivity contribution is -0.384. The summed E-state index contributed by atoms with van der Waals surface area (Å²) in [5.74, 6) is 1.29. The fourth-order valence-electron chi connectivity index (χ4n) is 4.22. The Morgan fingerprint density at radius 3 is 2.78 bits per heavy atom. The van der Waals surface area contributed by atoms with Crippen molar-refractivity contribution in [1.29, 1.82) is 0 Å². The Morgan fingerprint density at radius 1 is 1.28 bits per heavy atom. The Morgan fingerprint density at radius 2 is 2.06 bits per heavy atom. The van der Waals surface area contributed by atoms with Crippen molar-refractivity contribution in [2.75, 3.05) is 29.9 Å². The number of ether oxygens (including phenoxy) is 1. The molecule has 1 aromatic heterocycles. The van der Waals surface area contributed by atoms with Gasteiger partial charge in [-0.05, 0) is 36.9 Å². The van der Waals surface area contributed by atoms with Crippen LogP contribution >= 0.6 is 0 Å². The first-order valence-electron chi connectivity index (χ1n) is 10.9. The number of nitrogens with one attached hydrogen (secondary N) is 1. The maximum atomic E-state index is 12.2. The SMILES string of the molecule is CC(C)[C@H]1COC(=O)N1c1ccnc(N[C@H]2CCCN(Cc3ccc([N+](=O)[O-])cc3)C2)n1. The first kappa shape index (κ1) is 21.9. The lowest BCUT2D eigenvalue weighted by Gasteiger charge is -2.33. The third kappa shape index (κ3) is 4.96. The molecule has 1 amide bonds. The van der Waals surface area contributed by atoms with E-state index in [1.807, 2.05) is 12.1 Å². The Labute approximate surface area is 186 Å². The molecular weight excluding hydrogens is 412 g/mol. The van der Waals surface area contributed by atoms with Gasteiger partial charge >= 0.3 is 6.09 Å². The van der Waals surface area contributed by atoms with Crippen LogP contribution < -0.4 is 10.2 Å². The molecule has 2 saturated heterocycles. The van der Waals surface area contributed by atoms with Gasteiger partial charge in [0.25, 0.3) is 5.69 Å². The van der Waals surface area contributed by atoms with E-state index in [1.165, 1.54) is 0 Å². The number of hydrogen-bond acceptors (Lipinski definition) is 8. The predicted molar refractivity (Wildman–Crippen MR) is 120 cm³/mol. The summed E-state index contributed by atoms with van der Waals surface area (Å²) in [6.07, 6.45) is 3.30. The van der Waals surface area contributed by atoms with E-state index in [-0.39, 0.29) is 34.7 Å². The number of carbonyl (C=O) groups excluding carboxylic acids is 1. The average Bonchev–Trinajstić information content (AvgIpc) is 3.16. The van der Waals surface area contributed by atoms with Crippen molar-refractivity contribution in [2.45, 2.75) is 45.3 Å². The van der Waals surface area contributed by atoms with Crippen LogP contribution in [0.1, 0.15) is 32.3 Å². The Balaban J connectivity index is 1.39. The number of piperidine rings is 1. The van der Waals surface area contributed by atoms with Crippen LogP contribution in [0.15, 0.2) is 36.5 Å². The Hall–Kier alpha value is -3.27. The van der Waals surface area contributed by atoms with Gasteiger partial charge in [-0.1, -0.05) is 26.0 Å². The number of amides is 1. The molecule has 0 aliphatic carbocycles. The van der Waals surface area contributed by atoms with Gasteiger partial charge in [0.15, 0.2) is 0 Å². The summed E-state index contributed by atoms with van der Waals surface area (Å²) in [5.41, 5.74) is 1.15. The molecule has 1 aromatic carbocycles. The summed E-state index contributed by atoms with van der Waals surface area (Å²) < 4.78 is 5.24. The number of cyclic esters (lactones) is 1. The fourth-order valence-corrected chi connectivity index (χ4v) is 4.22. The smallest absolute Gasteiger partial charge is 0.415 e. The van der Waals surface area contributed by atoms with E-state index in [4.69, 9.17) is 4.74 Å². The second-order valence-electron chi connectivity index (χ2n) is 8.64. The summed E-state index contributed by atoms with van der Waals surface area (Å²) in [7, 11) is 0. The van der Waals surface area contributed by atoms with Gasteiger partial charge in [0.1, 0.15) is 12.4 Å². The molecule has 2 aromatic rings. The summed E-state index contributed by atoms with van der Waals surface area (Å²) in [4.78, 5) is 35.6. The maximum Gasteiger partial charge on any atom is 0.415 e. The van der Waals surface area contributed by atoms with Crippen LogP contribution in [0.5, 0.6) is 0 Å². The van der Waals surface area contributed by atoms with Crippen molar-refractivity contribution >= 4 is 23.5 Å². The highest BCUT2D eigenvalue weighted by Crippen LogP contribution is 2.26. The lowest BCUT2D eigenvalue weighted by atomic mass is 10.0. The average molecular weight is 441 g/mol. The van der Waals surface area contributed by atoms with Crippen molar-refractivity contribution in [2.24, 2.45) is 5.92 Å². The molecule has 0 bridgehead atoms. The molecule has 0 radical (unpaired) electrons. The molecule has 3 heterocycles. The summed E-state index contributed by atoms with van der Waals surface area (Å²) in [6.45, 7) is 6.98. The zero-order valence-electron chi connectivity index (χ0n) is 18.3. The van der Waals surface area contributed by atoms with Gasteiger partial charge in [0, 0.05) is 37.5 Å². The monoisotopic (exact) mass is 440 g/mol. The van der Waals surface area contributed by atoms with E-state index in [0.29, 0.717) is 18.4 Å². The second kappa shape index (κ2) is 9.47. The summed E-state index contributed by atoms with van der Waals surface area (Å²) in [6, 6.07) is 8.56. The first-order chi connectivity index (χ1) is 15.4. The minimum atomic E-state index is -0.385. The largest absolute Gasteiger partial charge is 0.447 e. The Bertz CT molecular complexity index is 967. The molecule has 4 rings (SSSR count). The number of hydrogen-bond donors (Lipinski definition) is 1. The van der Waals surface area contributed by atoms with Gasteiger partial charge < -0.3 is 10.1 Å². The van der Waals surface area contributed by atoms with E-state index < -0.39 is 0 Å². The third-order valence-corrected chi connectivity index (χ3v) is 5.96. The van der Waals surface area contributed by atoms with Crippen molar-refractivity contribution in [3.8, 4) is 0 Å². The van der Waals surface area contributed by atoms with Crippen LogP contribution in [0.4, 0.5) is 22.2 Å². The molecule has 10 heteroatoms. The molecule has 32 heavy (non-hydrogen) atoms. The quantitative estimate of drug-likeness (QED) is 0.514. The molecular formula is C22H28N6O4. The lowest BCUT2D eigenvalue weighted by Crippen LogP contribution is -2.42. The number of aromatic nitrogens is 2. The highest BCUT2D eigenvalue weighted by atomic mass is 16.6. The van der Waals surface area contributed by atoms with E-state index in [1.54, 1.807) is 29.3 Å². The van der Waals surface area contributed by atoms with Gasteiger partial charge in [-0.3, -0.25) is 19.9 Å². The molecule has 0 spiro atoms. The van der Waals surface area contributed by atoms with Crippen LogP contribution in [-0.4, -0.2) is 57.7 Å². The maximum absolute atomic E-state index is 12.2. The van der Waals surface area contributed by atoms with Gasteiger partial charge in [0.05, 0.1) is 11.0 Å². The van der Waals surface area contributed by atoms with Crippen LogP contribution in [0.25, 0.3) is 0 Å². The topological polar surface area (TPSA) is 114 Å². The first-order valence-corrected chi connectivity index (χ1v) is 10.9. The van der Waals surface area contributed by atoms with Crippen LogP contribution in [-0.2, 0) is 11.3 Å². The minimum absolute atomic E-state index is 0.0443. The fraction of sp³-hybridized carbons (Fsp3) is 0.500. The number of anilines is 2. The molecule has 2 fully saturated rings. The number of carbonyl (C=O) groups is 1. The van der Waals surface area contributed by atoms with Crippen LogP contribution in [0, 0.1) is 16.0 Å². The number of likely N-dealkylation sites (tertiary alicyclic amines) is 1. The highest BCUT2D eigenvalue weighted by molar-refractivity contribution is 5.89. The van der Waals surface area contributed by atoms with Crippen molar-refractivity contribution in [3.63, 3.8) is 0 Å². The highest BCUT2D eigenvalue weighted by Gasteiger charge is 2.37. The van der Waals surface area contributed by atoms with E-state index >= 15 is 0 Å². The molecule has 10 nitrogen and oxygen atoms in total. The molecule has 0 unspecified atom stereocenters. The van der Waals surface area contributed by atoms with E-state index in [2.05, 4.69) is 34.0 Å². The standard InChI is InChI=1S/C22H28N6O4/c1-15(2)19-14-32-22(29)27(19)20-9-10-23-21(25-20)24-17-4-3-11-26(13-17)12-16-5-7-18(8-6-16)28(30)31/h5-10,15,17,19H,3-4,11-14H2,1-2H3,(H,23,24,25)/t17-,19+/m0/s1. The van der Waals surface area contributed by atoms with E-state index in [0.717, 1.165) is 38.0 Å². The molecule has 0 saturated carbocycles. The normalized spacial score (nSPS) is 21.6. The summed E-state index contributed by atoms with van der Waals surface area (Å²) >= 11 is 0. The molecule has 2 aliphatic heterocycles. The molecule has 1 N–H and O–H groups in total. The number of nitro groups is 1. The number of nitro benzene ring substituents is 1. The number of non-ortho nitro benzene ring substituents is 1. The van der Waals surface area contributed by atoms with Crippen molar-refractivity contribution in [1.82, 2.24) is 14.9 Å². The van der Waals surface area contributed by atoms with Crippen molar-refractivity contribution in [3.05, 3.63) is 52.2 Å². The zero-order chi connectivity index (χ0) is 22.7. The van der Waals surface area contributed by atoms with Crippen LogP contribution in [0.2, 0.25) is 0 Å². The van der Waals surface area contributed by atoms with Crippen LogP contribution in [0.3, 0.4) is 0 Å². The van der Waals surface area contributed by atoms with Gasteiger partial charge in [-0.2, -0.15) is 4.98 Å². The second-order valence-corrected chi connectivity index (χ2v) is 8.64. The molecule has 2 aliphatic rings. The van der Waals surface area contributed by atoms with Gasteiger partial charge in [0.2, 0.25) is 5.95 Å². The number of benzene rings is 1. The van der Waals surface area contributed by atoms with Crippen molar-refractivity contribution < 1.29 is 14.5 Å². The number of nitrogens with zero attached hydrogens (tertiary/aromatic N) is 5. The molecule has 2 atom stereocenters. The predicted octanol–water partition coefficient (Wildman–Crippen LogP) is 3.44. The summed E-state index contributed by atoms with van der Waals surface area (Å²) in [5, 5.41) is 14.3. The number of rotatable bonds is 7. The zero-order valence-corrected chi connectivity index (χ0v) is 18.3. The van der Waals surface area contributed by atoms with E-state index in [9.17, 15) is 14.9 Å². The third-order valence-electron chi connectivity index (χ3n) is 5.96. The van der Waals surface area contributed by atoms with Gasteiger partial charge in [-0.25, -0.2) is 9.78 Å².